The van der Waals surface area contributed by atoms with Gasteiger partial charge in [0.15, 0.2) is 0 Å². The number of nitriles is 1. The number of rotatable bonds is 8. The summed E-state index contributed by atoms with van der Waals surface area (Å²) in [5, 5.41) is 12.1. The molecule has 0 radical (unpaired) electrons. The van der Waals surface area contributed by atoms with Crippen LogP contribution >= 0.6 is 0 Å². The van der Waals surface area contributed by atoms with Gasteiger partial charge in [0.25, 0.3) is 0 Å². The maximum absolute atomic E-state index is 13.3. The number of hydrogen-bond donors (Lipinski definition) is 1. The Kier molecular flexibility index (Phi) is 19.4. The molecule has 3 amide bonds. The van der Waals surface area contributed by atoms with Crippen LogP contribution in [-0.2, 0) is 20.8 Å². The molecule has 2 aliphatic carbocycles. The minimum absolute atomic E-state index is 0.0975. The van der Waals surface area contributed by atoms with E-state index < -0.39 is 11.6 Å². The molecular weight excluding hydrogens is 750 g/mol. The average molecular weight is 834 g/mol. The first kappa shape index (κ1) is 49.7. The largest absolute Gasteiger partial charge is 0.342 e. The van der Waals surface area contributed by atoms with Crippen LogP contribution in [0.3, 0.4) is 0 Å². The standard InChI is InChI=1S/C16H23NO.C13H20N2O.C13H23NO.C9H18FN/c1-13(2)15-9-6-10-17(12-15)16(18)11-14-7-4-3-5-8-14;1-10(2)11-4-3-7-15(8-11)12(16)13(9-14)5-6-13;1-10(2)12-4-3-7-14(9-12)13(15)8-11-5-6-11;1-9(2,3)7-4-5-11-6-8(7)10/h3-5,7-8,13,15H,6,9-12H2,1-2H3;10-11H,3-8H2,1-2H3;10-12H,3-9H2,1-2H3;7-8,11H,4-6H2,1-3H3/t15-;11-;12-;/m111./s1. The molecule has 0 bridgehead atoms. The first-order valence-corrected chi connectivity index (χ1v) is 24.1. The zero-order valence-electron chi connectivity index (χ0n) is 39.3. The van der Waals surface area contributed by atoms with E-state index in [4.69, 9.17) is 5.26 Å². The van der Waals surface area contributed by atoms with Gasteiger partial charge in [0.1, 0.15) is 11.6 Å². The molecule has 4 saturated heterocycles. The van der Waals surface area contributed by atoms with E-state index in [0.29, 0.717) is 42.5 Å². The summed E-state index contributed by atoms with van der Waals surface area (Å²) in [5.74, 6) is 5.84. The SMILES string of the molecule is CC(C)(C)C1CCNCC1F.CC(C)[C@@H]1CCCN(C(=O)C2(C#N)CC2)C1.CC(C)[C@@H]1CCCN(C(=O)CC2CC2)C1.CC(C)[C@@H]1CCCN(C(=O)Cc2ccccc2)C1. The van der Waals surface area contributed by atoms with Crippen molar-refractivity contribution in [2.45, 2.75) is 152 Å². The summed E-state index contributed by atoms with van der Waals surface area (Å²) >= 11 is 0. The Morgan fingerprint density at radius 2 is 1.23 bits per heavy atom. The highest BCUT2D eigenvalue weighted by Gasteiger charge is 2.53. The van der Waals surface area contributed by atoms with E-state index in [1.165, 1.54) is 38.5 Å². The molecule has 1 N–H and O–H groups in total. The van der Waals surface area contributed by atoms with Gasteiger partial charge in [0.05, 0.1) is 12.5 Å². The summed E-state index contributed by atoms with van der Waals surface area (Å²) in [4.78, 5) is 42.5. The van der Waals surface area contributed by atoms with E-state index in [-0.39, 0.29) is 23.1 Å². The number of piperidine rings is 4. The Morgan fingerprint density at radius 3 is 1.65 bits per heavy atom. The smallest absolute Gasteiger partial charge is 0.243 e. The van der Waals surface area contributed by atoms with Gasteiger partial charge in [-0.15, -0.1) is 0 Å². The lowest BCUT2D eigenvalue weighted by Gasteiger charge is -2.36. The Hall–Kier alpha value is -2.99. The van der Waals surface area contributed by atoms with Gasteiger partial charge < -0.3 is 20.0 Å². The van der Waals surface area contributed by atoms with Crippen molar-refractivity contribution in [2.24, 2.45) is 58.2 Å². The average Bonchev–Trinajstić information content (AvgIpc) is 4.19. The summed E-state index contributed by atoms with van der Waals surface area (Å²) in [7, 11) is 0. The molecule has 60 heavy (non-hydrogen) atoms. The van der Waals surface area contributed by atoms with Crippen molar-refractivity contribution >= 4 is 17.7 Å². The fraction of sp³-hybridized carbons (Fsp3) is 0.804. The Bertz CT molecular complexity index is 1510. The highest BCUT2D eigenvalue weighted by molar-refractivity contribution is 5.88. The van der Waals surface area contributed by atoms with E-state index in [2.05, 4.69) is 83.5 Å². The normalized spacial score (nSPS) is 26.4. The Balaban J connectivity index is 0.000000179. The lowest BCUT2D eigenvalue weighted by atomic mass is 9.75. The molecule has 4 heterocycles. The van der Waals surface area contributed by atoms with Gasteiger partial charge >= 0.3 is 0 Å². The quantitative estimate of drug-likeness (QED) is 0.282. The van der Waals surface area contributed by atoms with E-state index >= 15 is 0 Å². The van der Waals surface area contributed by atoms with E-state index in [9.17, 15) is 18.8 Å². The van der Waals surface area contributed by atoms with Crippen molar-refractivity contribution in [2.75, 3.05) is 52.4 Å². The van der Waals surface area contributed by atoms with Crippen LogP contribution in [0.15, 0.2) is 30.3 Å². The second-order valence-electron chi connectivity index (χ2n) is 21.4. The molecule has 2 unspecified atom stereocenters. The number of likely N-dealkylation sites (tertiary alicyclic amines) is 3. The van der Waals surface area contributed by atoms with Crippen molar-refractivity contribution in [3.8, 4) is 6.07 Å². The maximum atomic E-state index is 13.3. The van der Waals surface area contributed by atoms with Crippen LogP contribution in [0.4, 0.5) is 4.39 Å². The number of nitrogens with one attached hydrogen (secondary N) is 1. The number of amides is 3. The summed E-state index contributed by atoms with van der Waals surface area (Å²) < 4.78 is 13.3. The maximum Gasteiger partial charge on any atom is 0.243 e. The van der Waals surface area contributed by atoms with Crippen molar-refractivity contribution in [1.29, 1.82) is 5.26 Å². The molecule has 338 valence electrons. The van der Waals surface area contributed by atoms with Gasteiger partial charge in [0, 0.05) is 52.2 Å². The molecule has 0 aromatic heterocycles. The molecule has 1 aromatic carbocycles. The fourth-order valence-corrected chi connectivity index (χ4v) is 9.48. The van der Waals surface area contributed by atoms with Crippen LogP contribution in [0.5, 0.6) is 0 Å². The van der Waals surface area contributed by atoms with Gasteiger partial charge in [-0.2, -0.15) is 5.26 Å². The highest BCUT2D eigenvalue weighted by Crippen LogP contribution is 2.47. The monoisotopic (exact) mass is 834 g/mol. The van der Waals surface area contributed by atoms with Gasteiger partial charge in [-0.05, 0) is 135 Å². The minimum Gasteiger partial charge on any atom is -0.342 e. The highest BCUT2D eigenvalue weighted by atomic mass is 19.1. The predicted octanol–water partition coefficient (Wildman–Crippen LogP) is 9.97. The third kappa shape index (κ3) is 15.7. The molecule has 7 rings (SSSR count). The number of nitrogens with zero attached hydrogens (tertiary/aromatic N) is 4. The number of alkyl halides is 1. The number of carbonyl (C=O) groups excluding carboxylic acids is 3. The zero-order valence-corrected chi connectivity index (χ0v) is 39.3. The molecule has 1 aromatic rings. The molecule has 5 atom stereocenters. The van der Waals surface area contributed by atoms with Crippen LogP contribution < -0.4 is 5.32 Å². The fourth-order valence-electron chi connectivity index (χ4n) is 9.48. The van der Waals surface area contributed by atoms with Crippen LogP contribution in [0.25, 0.3) is 0 Å². The summed E-state index contributed by atoms with van der Waals surface area (Å²) in [6, 6.07) is 12.2. The van der Waals surface area contributed by atoms with Crippen molar-refractivity contribution < 1.29 is 18.8 Å². The first-order valence-electron chi connectivity index (χ1n) is 24.1. The predicted molar refractivity (Wildman–Crippen MR) is 243 cm³/mol. The second-order valence-corrected chi connectivity index (χ2v) is 21.4. The second kappa shape index (κ2) is 23.5. The first-order chi connectivity index (χ1) is 28.4. The number of hydrogen-bond acceptors (Lipinski definition) is 5. The minimum atomic E-state index is -0.649. The lowest BCUT2D eigenvalue weighted by Crippen LogP contribution is -2.44. The van der Waals surface area contributed by atoms with Crippen LogP contribution in [0.1, 0.15) is 145 Å². The van der Waals surface area contributed by atoms with Gasteiger partial charge in [-0.1, -0.05) is 92.6 Å². The lowest BCUT2D eigenvalue weighted by molar-refractivity contribution is -0.137. The van der Waals surface area contributed by atoms with E-state index in [1.807, 2.05) is 35.2 Å². The molecule has 6 fully saturated rings. The molecule has 0 spiro atoms. The molecule has 9 heteroatoms. The van der Waals surface area contributed by atoms with Crippen LogP contribution in [0, 0.1) is 69.5 Å². The number of halogens is 1. The van der Waals surface area contributed by atoms with Gasteiger partial charge in [-0.25, -0.2) is 4.39 Å². The van der Waals surface area contributed by atoms with Gasteiger partial charge in [-0.3, -0.25) is 14.4 Å². The van der Waals surface area contributed by atoms with Crippen LogP contribution in [-0.4, -0.2) is 91.0 Å². The molecule has 6 aliphatic rings. The third-order valence-electron chi connectivity index (χ3n) is 14.4. The van der Waals surface area contributed by atoms with Gasteiger partial charge in [0.2, 0.25) is 17.7 Å². The summed E-state index contributed by atoms with van der Waals surface area (Å²) in [6.45, 7) is 27.0. The number of benzene rings is 1. The van der Waals surface area contributed by atoms with Crippen molar-refractivity contribution in [3.05, 3.63) is 35.9 Å². The topological polar surface area (TPSA) is 96.8 Å². The summed E-state index contributed by atoms with van der Waals surface area (Å²) in [6.07, 6.45) is 13.1. The Morgan fingerprint density at radius 1 is 0.750 bits per heavy atom. The third-order valence-corrected chi connectivity index (χ3v) is 14.4. The van der Waals surface area contributed by atoms with Crippen molar-refractivity contribution in [3.63, 3.8) is 0 Å². The molecule has 2 saturated carbocycles. The van der Waals surface area contributed by atoms with Crippen LogP contribution in [0.2, 0.25) is 0 Å². The molecule has 8 nitrogen and oxygen atoms in total. The Labute approximate surface area is 365 Å². The zero-order chi connectivity index (χ0) is 44.0. The van der Waals surface area contributed by atoms with E-state index in [1.54, 1.807) is 0 Å². The molecular formula is C51H84FN5O3. The van der Waals surface area contributed by atoms with E-state index in [0.717, 1.165) is 108 Å². The summed E-state index contributed by atoms with van der Waals surface area (Å²) in [5.41, 5.74) is 0.620. The molecule has 4 aliphatic heterocycles. The van der Waals surface area contributed by atoms with Crippen molar-refractivity contribution in [1.82, 2.24) is 20.0 Å². The number of carbonyl (C=O) groups is 3.